The molecule has 7 heteroatoms. The Kier molecular flexibility index (Phi) is 8.09. The summed E-state index contributed by atoms with van der Waals surface area (Å²) in [4.78, 5) is 24.2. The molecule has 1 amide bonds. The minimum absolute atomic E-state index is 0.350. The highest BCUT2D eigenvalue weighted by Crippen LogP contribution is 2.28. The van der Waals surface area contributed by atoms with Crippen LogP contribution in [0.2, 0.25) is 0 Å². The second-order valence-electron chi connectivity index (χ2n) is 6.12. The first-order chi connectivity index (χ1) is 14.0. The van der Waals surface area contributed by atoms with Crippen LogP contribution in [0.15, 0.2) is 55.1 Å². The fourth-order valence-corrected chi connectivity index (χ4v) is 2.46. The number of carbonyl (C=O) groups is 2. The molecule has 0 aliphatic rings. The first kappa shape index (κ1) is 21.8. The molecule has 0 aromatic heterocycles. The maximum Gasteiger partial charge on any atom is 0.344 e. The Hall–Kier alpha value is -3.48. The number of allylic oxidation sites excluding steroid dienone is 1. The van der Waals surface area contributed by atoms with Gasteiger partial charge in [-0.05, 0) is 55.3 Å². The van der Waals surface area contributed by atoms with Gasteiger partial charge in [-0.1, -0.05) is 12.1 Å². The van der Waals surface area contributed by atoms with Gasteiger partial charge in [0, 0.05) is 5.69 Å². The van der Waals surface area contributed by atoms with E-state index in [0.717, 1.165) is 5.56 Å². The molecule has 29 heavy (non-hydrogen) atoms. The van der Waals surface area contributed by atoms with Crippen molar-refractivity contribution in [2.75, 3.05) is 26.1 Å². The van der Waals surface area contributed by atoms with E-state index in [1.54, 1.807) is 43.5 Å². The van der Waals surface area contributed by atoms with Crippen molar-refractivity contribution < 1.29 is 28.5 Å². The van der Waals surface area contributed by atoms with Gasteiger partial charge < -0.3 is 24.3 Å². The average Bonchev–Trinajstić information content (AvgIpc) is 2.73. The predicted octanol–water partition coefficient (Wildman–Crippen LogP) is 3.38. The summed E-state index contributed by atoms with van der Waals surface area (Å²) in [6.45, 7) is 4.84. The molecule has 1 N–H and O–H groups in total. The maximum atomic E-state index is 12.2. The molecule has 7 nitrogen and oxygen atoms in total. The van der Waals surface area contributed by atoms with Crippen LogP contribution in [0.4, 0.5) is 5.69 Å². The van der Waals surface area contributed by atoms with Gasteiger partial charge >= 0.3 is 5.97 Å². The number of ether oxygens (including phenoxy) is 4. The van der Waals surface area contributed by atoms with E-state index < -0.39 is 18.0 Å². The quantitative estimate of drug-likeness (QED) is 0.487. The number of carbonyl (C=O) groups excluding carboxylic acids is 2. The van der Waals surface area contributed by atoms with E-state index in [4.69, 9.17) is 18.9 Å². The van der Waals surface area contributed by atoms with E-state index in [1.807, 2.05) is 12.1 Å². The van der Waals surface area contributed by atoms with E-state index in [1.165, 1.54) is 14.0 Å². The minimum atomic E-state index is -0.981. The molecule has 0 aliphatic heterocycles. The molecule has 0 fully saturated rings. The number of hydrogen-bond donors (Lipinski definition) is 1. The van der Waals surface area contributed by atoms with Crippen LogP contribution in [-0.4, -0.2) is 38.8 Å². The number of hydrogen-bond acceptors (Lipinski definition) is 6. The number of esters is 1. The summed E-state index contributed by atoms with van der Waals surface area (Å²) in [6, 6.07) is 12.2. The SMILES string of the molecule is C=CCc1ccc(OCC(=O)O[C@@H](C)C(=O)Nc2ccc(OC)cc2)c(OC)c1. The lowest BCUT2D eigenvalue weighted by Crippen LogP contribution is -2.31. The summed E-state index contributed by atoms with van der Waals surface area (Å²) >= 11 is 0. The summed E-state index contributed by atoms with van der Waals surface area (Å²) in [7, 11) is 3.08. The Balaban J connectivity index is 1.86. The van der Waals surface area contributed by atoms with Gasteiger partial charge in [0.05, 0.1) is 14.2 Å². The van der Waals surface area contributed by atoms with E-state index >= 15 is 0 Å². The van der Waals surface area contributed by atoms with Crippen LogP contribution in [0.3, 0.4) is 0 Å². The molecule has 0 bridgehead atoms. The van der Waals surface area contributed by atoms with Crippen molar-refractivity contribution in [1.29, 1.82) is 0 Å². The zero-order chi connectivity index (χ0) is 21.2. The lowest BCUT2D eigenvalue weighted by atomic mass is 10.1. The smallest absolute Gasteiger partial charge is 0.344 e. The Morgan fingerprint density at radius 3 is 2.41 bits per heavy atom. The average molecular weight is 399 g/mol. The van der Waals surface area contributed by atoms with Gasteiger partial charge in [0.15, 0.2) is 24.2 Å². The van der Waals surface area contributed by atoms with Crippen molar-refractivity contribution in [2.24, 2.45) is 0 Å². The highest BCUT2D eigenvalue weighted by atomic mass is 16.6. The monoisotopic (exact) mass is 399 g/mol. The maximum absolute atomic E-state index is 12.2. The summed E-state index contributed by atoms with van der Waals surface area (Å²) in [5.74, 6) is 0.470. The molecule has 0 saturated heterocycles. The van der Waals surface area contributed by atoms with Gasteiger partial charge in [0.2, 0.25) is 0 Å². The first-order valence-electron chi connectivity index (χ1n) is 9.01. The van der Waals surface area contributed by atoms with Gasteiger partial charge in [-0.25, -0.2) is 4.79 Å². The number of nitrogens with one attached hydrogen (secondary N) is 1. The minimum Gasteiger partial charge on any atom is -0.497 e. The standard InChI is InChI=1S/C22H25NO6/c1-5-6-16-7-12-19(20(13-16)27-4)28-14-21(24)29-15(2)22(25)23-17-8-10-18(26-3)11-9-17/h5,7-13,15H,1,6,14H2,2-4H3,(H,23,25)/t15-/m0/s1. The molecule has 2 rings (SSSR count). The molecule has 154 valence electrons. The molecule has 2 aromatic carbocycles. The van der Waals surface area contributed by atoms with E-state index in [-0.39, 0.29) is 6.61 Å². The van der Waals surface area contributed by atoms with Gasteiger partial charge in [-0.15, -0.1) is 6.58 Å². The molecule has 0 radical (unpaired) electrons. The molecule has 2 aromatic rings. The fourth-order valence-electron chi connectivity index (χ4n) is 2.46. The Morgan fingerprint density at radius 2 is 1.79 bits per heavy atom. The van der Waals surface area contributed by atoms with Crippen LogP contribution < -0.4 is 19.5 Å². The Bertz CT molecular complexity index is 847. The summed E-state index contributed by atoms with van der Waals surface area (Å²) in [6.07, 6.45) is 1.50. The fraction of sp³-hybridized carbons (Fsp3) is 0.273. The molecule has 0 saturated carbocycles. The van der Waals surface area contributed by atoms with Gasteiger partial charge in [-0.3, -0.25) is 4.79 Å². The zero-order valence-corrected chi connectivity index (χ0v) is 16.8. The number of anilines is 1. The van der Waals surface area contributed by atoms with E-state index in [2.05, 4.69) is 11.9 Å². The van der Waals surface area contributed by atoms with Gasteiger partial charge in [0.25, 0.3) is 5.91 Å². The lowest BCUT2D eigenvalue weighted by molar-refractivity contribution is -0.155. The molecule has 0 heterocycles. The van der Waals surface area contributed by atoms with Gasteiger partial charge in [-0.2, -0.15) is 0 Å². The number of rotatable bonds is 10. The molecule has 0 spiro atoms. The van der Waals surface area contributed by atoms with Crippen LogP contribution in [-0.2, 0) is 20.7 Å². The van der Waals surface area contributed by atoms with Crippen LogP contribution in [0.5, 0.6) is 17.2 Å². The Labute approximate surface area is 170 Å². The second kappa shape index (κ2) is 10.8. The van der Waals surface area contributed by atoms with Crippen molar-refractivity contribution in [3.8, 4) is 17.2 Å². The van der Waals surface area contributed by atoms with E-state index in [9.17, 15) is 9.59 Å². The van der Waals surface area contributed by atoms with E-state index in [0.29, 0.717) is 29.4 Å². The third-order valence-corrected chi connectivity index (χ3v) is 3.99. The van der Waals surface area contributed by atoms with Crippen molar-refractivity contribution in [3.05, 3.63) is 60.7 Å². The molecular weight excluding hydrogens is 374 g/mol. The zero-order valence-electron chi connectivity index (χ0n) is 16.8. The van der Waals surface area contributed by atoms with Crippen LogP contribution in [0, 0.1) is 0 Å². The van der Waals surface area contributed by atoms with Crippen molar-refractivity contribution >= 4 is 17.6 Å². The predicted molar refractivity (Wildman–Crippen MR) is 110 cm³/mol. The highest BCUT2D eigenvalue weighted by Gasteiger charge is 2.19. The second-order valence-corrected chi connectivity index (χ2v) is 6.12. The topological polar surface area (TPSA) is 83.1 Å². The summed E-state index contributed by atoms with van der Waals surface area (Å²) in [5, 5.41) is 2.67. The highest BCUT2D eigenvalue weighted by molar-refractivity contribution is 5.95. The third-order valence-electron chi connectivity index (χ3n) is 3.99. The number of amides is 1. The molecule has 1 atom stereocenters. The van der Waals surface area contributed by atoms with Crippen molar-refractivity contribution in [2.45, 2.75) is 19.4 Å². The Morgan fingerprint density at radius 1 is 1.07 bits per heavy atom. The molecule has 0 unspecified atom stereocenters. The molecular formula is C22H25NO6. The van der Waals surface area contributed by atoms with Crippen LogP contribution in [0.25, 0.3) is 0 Å². The van der Waals surface area contributed by atoms with Crippen molar-refractivity contribution in [3.63, 3.8) is 0 Å². The van der Waals surface area contributed by atoms with Gasteiger partial charge in [0.1, 0.15) is 5.75 Å². The normalized spacial score (nSPS) is 11.1. The number of benzene rings is 2. The summed E-state index contributed by atoms with van der Waals surface area (Å²) in [5.41, 5.74) is 1.58. The third kappa shape index (κ3) is 6.57. The summed E-state index contributed by atoms with van der Waals surface area (Å²) < 4.78 is 21.0. The first-order valence-corrected chi connectivity index (χ1v) is 9.01. The number of methoxy groups -OCH3 is 2. The van der Waals surface area contributed by atoms with Crippen LogP contribution >= 0.6 is 0 Å². The largest absolute Gasteiger partial charge is 0.497 e. The molecule has 0 aliphatic carbocycles. The lowest BCUT2D eigenvalue weighted by Gasteiger charge is -2.15. The van der Waals surface area contributed by atoms with Crippen LogP contribution in [0.1, 0.15) is 12.5 Å². The van der Waals surface area contributed by atoms with Crippen molar-refractivity contribution in [1.82, 2.24) is 0 Å².